The highest BCUT2D eigenvalue weighted by atomic mass is 19.1. The standard InChI is InChI=1S/C14H16FN3/c1-18(2)14-13(7-4-8-16-14)17-10-11-5-3-6-12(15)9-11/h3-9,17H,10H2,1-2H3. The molecule has 0 aliphatic heterocycles. The Balaban J connectivity index is 2.11. The molecule has 2 rings (SSSR count). The maximum atomic E-state index is 13.1. The number of halogens is 1. The first-order valence-corrected chi connectivity index (χ1v) is 5.77. The molecule has 0 saturated carbocycles. The third kappa shape index (κ3) is 2.97. The molecular formula is C14H16FN3. The van der Waals surface area contributed by atoms with Gasteiger partial charge in [0, 0.05) is 26.8 Å². The number of aromatic nitrogens is 1. The monoisotopic (exact) mass is 245 g/mol. The van der Waals surface area contributed by atoms with E-state index in [2.05, 4.69) is 10.3 Å². The molecule has 0 atom stereocenters. The van der Waals surface area contributed by atoms with Crippen molar-refractivity contribution >= 4 is 11.5 Å². The van der Waals surface area contributed by atoms with Crippen LogP contribution in [0.15, 0.2) is 42.6 Å². The SMILES string of the molecule is CN(C)c1ncccc1NCc1cccc(F)c1. The average Bonchev–Trinajstić information content (AvgIpc) is 2.37. The van der Waals surface area contributed by atoms with E-state index in [-0.39, 0.29) is 5.82 Å². The molecule has 0 spiro atoms. The van der Waals surface area contributed by atoms with Gasteiger partial charge >= 0.3 is 0 Å². The predicted octanol–water partition coefficient (Wildman–Crippen LogP) is 2.90. The van der Waals surface area contributed by atoms with Crippen LogP contribution in [-0.2, 0) is 6.54 Å². The van der Waals surface area contributed by atoms with E-state index < -0.39 is 0 Å². The van der Waals surface area contributed by atoms with Crippen molar-refractivity contribution in [1.82, 2.24) is 4.98 Å². The van der Waals surface area contributed by atoms with Crippen LogP contribution in [0.1, 0.15) is 5.56 Å². The number of hydrogen-bond donors (Lipinski definition) is 1. The summed E-state index contributed by atoms with van der Waals surface area (Å²) < 4.78 is 13.1. The van der Waals surface area contributed by atoms with Crippen molar-refractivity contribution in [3.05, 3.63) is 54.0 Å². The number of hydrogen-bond acceptors (Lipinski definition) is 3. The van der Waals surface area contributed by atoms with Crippen molar-refractivity contribution in [2.75, 3.05) is 24.3 Å². The van der Waals surface area contributed by atoms with Gasteiger partial charge < -0.3 is 10.2 Å². The third-order valence-electron chi connectivity index (χ3n) is 2.58. The van der Waals surface area contributed by atoms with E-state index in [1.807, 2.05) is 37.2 Å². The highest BCUT2D eigenvalue weighted by molar-refractivity contribution is 5.64. The molecule has 94 valence electrons. The zero-order valence-corrected chi connectivity index (χ0v) is 10.5. The van der Waals surface area contributed by atoms with Gasteiger partial charge in [-0.2, -0.15) is 0 Å². The summed E-state index contributed by atoms with van der Waals surface area (Å²) in [6, 6.07) is 10.4. The van der Waals surface area contributed by atoms with E-state index in [1.165, 1.54) is 12.1 Å². The molecule has 0 radical (unpaired) electrons. The van der Waals surface area contributed by atoms with Gasteiger partial charge in [0.25, 0.3) is 0 Å². The molecule has 0 bridgehead atoms. The minimum atomic E-state index is -0.215. The van der Waals surface area contributed by atoms with Gasteiger partial charge in [-0.15, -0.1) is 0 Å². The summed E-state index contributed by atoms with van der Waals surface area (Å²) in [7, 11) is 3.88. The quantitative estimate of drug-likeness (QED) is 0.897. The molecule has 1 heterocycles. The van der Waals surface area contributed by atoms with E-state index in [1.54, 1.807) is 12.3 Å². The van der Waals surface area contributed by atoms with Gasteiger partial charge in [0.1, 0.15) is 5.82 Å². The van der Waals surface area contributed by atoms with Crippen LogP contribution in [0.3, 0.4) is 0 Å². The van der Waals surface area contributed by atoms with Gasteiger partial charge in [-0.05, 0) is 29.8 Å². The largest absolute Gasteiger partial charge is 0.378 e. The lowest BCUT2D eigenvalue weighted by Gasteiger charge is -2.16. The van der Waals surface area contributed by atoms with Crippen LogP contribution in [0.5, 0.6) is 0 Å². The molecule has 2 aromatic rings. The molecule has 1 aromatic carbocycles. The van der Waals surface area contributed by atoms with Crippen LogP contribution in [0, 0.1) is 5.82 Å². The van der Waals surface area contributed by atoms with E-state index in [4.69, 9.17) is 0 Å². The highest BCUT2D eigenvalue weighted by Gasteiger charge is 2.04. The predicted molar refractivity (Wildman–Crippen MR) is 72.3 cm³/mol. The molecule has 0 aliphatic rings. The summed E-state index contributed by atoms with van der Waals surface area (Å²) in [5, 5.41) is 3.27. The number of rotatable bonds is 4. The van der Waals surface area contributed by atoms with Gasteiger partial charge in [-0.25, -0.2) is 9.37 Å². The fourth-order valence-corrected chi connectivity index (χ4v) is 1.74. The summed E-state index contributed by atoms with van der Waals surface area (Å²) in [5.74, 6) is 0.655. The molecule has 0 unspecified atom stereocenters. The molecule has 18 heavy (non-hydrogen) atoms. The lowest BCUT2D eigenvalue weighted by Crippen LogP contribution is -2.13. The normalized spacial score (nSPS) is 10.2. The van der Waals surface area contributed by atoms with Crippen LogP contribution in [0.25, 0.3) is 0 Å². The first-order valence-electron chi connectivity index (χ1n) is 5.77. The van der Waals surface area contributed by atoms with Crippen molar-refractivity contribution in [2.24, 2.45) is 0 Å². The molecule has 0 aliphatic carbocycles. The van der Waals surface area contributed by atoms with E-state index in [0.717, 1.165) is 17.1 Å². The Morgan fingerprint density at radius 3 is 2.78 bits per heavy atom. The van der Waals surface area contributed by atoms with E-state index >= 15 is 0 Å². The lowest BCUT2D eigenvalue weighted by atomic mass is 10.2. The van der Waals surface area contributed by atoms with Gasteiger partial charge in [-0.1, -0.05) is 12.1 Å². The summed E-state index contributed by atoms with van der Waals surface area (Å²) in [6.07, 6.45) is 1.75. The van der Waals surface area contributed by atoms with Gasteiger partial charge in [0.05, 0.1) is 5.69 Å². The molecular weight excluding hydrogens is 229 g/mol. The maximum Gasteiger partial charge on any atom is 0.151 e. The molecule has 0 saturated heterocycles. The first-order chi connectivity index (χ1) is 8.66. The lowest BCUT2D eigenvalue weighted by molar-refractivity contribution is 0.626. The first kappa shape index (κ1) is 12.4. The number of anilines is 2. The van der Waals surface area contributed by atoms with Gasteiger partial charge in [-0.3, -0.25) is 0 Å². The average molecular weight is 245 g/mol. The second-order valence-electron chi connectivity index (χ2n) is 4.25. The third-order valence-corrected chi connectivity index (χ3v) is 2.58. The molecule has 0 fully saturated rings. The Morgan fingerprint density at radius 2 is 2.06 bits per heavy atom. The maximum absolute atomic E-state index is 13.1. The van der Waals surface area contributed by atoms with Crippen LogP contribution in [-0.4, -0.2) is 19.1 Å². The molecule has 4 heteroatoms. The van der Waals surface area contributed by atoms with E-state index in [9.17, 15) is 4.39 Å². The van der Waals surface area contributed by atoms with Crippen molar-refractivity contribution in [3.63, 3.8) is 0 Å². The summed E-state index contributed by atoms with van der Waals surface area (Å²) in [4.78, 5) is 6.24. The smallest absolute Gasteiger partial charge is 0.151 e. The highest BCUT2D eigenvalue weighted by Crippen LogP contribution is 2.21. The Hall–Kier alpha value is -2.10. The Labute approximate surface area is 106 Å². The van der Waals surface area contributed by atoms with Crippen molar-refractivity contribution in [1.29, 1.82) is 0 Å². The zero-order valence-electron chi connectivity index (χ0n) is 10.5. The Morgan fingerprint density at radius 1 is 1.22 bits per heavy atom. The number of nitrogens with zero attached hydrogens (tertiary/aromatic N) is 2. The fourth-order valence-electron chi connectivity index (χ4n) is 1.74. The molecule has 0 amide bonds. The zero-order chi connectivity index (χ0) is 13.0. The fraction of sp³-hybridized carbons (Fsp3) is 0.214. The number of benzene rings is 1. The summed E-state index contributed by atoms with van der Waals surface area (Å²) >= 11 is 0. The van der Waals surface area contributed by atoms with Crippen molar-refractivity contribution in [3.8, 4) is 0 Å². The van der Waals surface area contributed by atoms with Crippen molar-refractivity contribution < 1.29 is 4.39 Å². The molecule has 3 nitrogen and oxygen atoms in total. The summed E-state index contributed by atoms with van der Waals surface area (Å²) in [6.45, 7) is 0.574. The number of pyridine rings is 1. The minimum absolute atomic E-state index is 0.215. The van der Waals surface area contributed by atoms with Gasteiger partial charge in [0.2, 0.25) is 0 Å². The van der Waals surface area contributed by atoms with Crippen LogP contribution < -0.4 is 10.2 Å². The van der Waals surface area contributed by atoms with Crippen LogP contribution in [0.4, 0.5) is 15.9 Å². The summed E-state index contributed by atoms with van der Waals surface area (Å²) in [5.41, 5.74) is 1.84. The molecule has 1 N–H and O–H groups in total. The van der Waals surface area contributed by atoms with Crippen LogP contribution in [0.2, 0.25) is 0 Å². The van der Waals surface area contributed by atoms with Crippen molar-refractivity contribution in [2.45, 2.75) is 6.54 Å². The second-order valence-corrected chi connectivity index (χ2v) is 4.25. The minimum Gasteiger partial charge on any atom is -0.378 e. The Kier molecular flexibility index (Phi) is 3.77. The van der Waals surface area contributed by atoms with E-state index in [0.29, 0.717) is 6.54 Å². The van der Waals surface area contributed by atoms with Gasteiger partial charge in [0.15, 0.2) is 5.82 Å². The Bertz CT molecular complexity index is 526. The number of nitrogens with one attached hydrogen (secondary N) is 1. The topological polar surface area (TPSA) is 28.2 Å². The second kappa shape index (κ2) is 5.49. The molecule has 1 aromatic heterocycles. The van der Waals surface area contributed by atoms with Crippen LogP contribution >= 0.6 is 0 Å².